The molecule has 0 aliphatic rings. The zero-order valence-electron chi connectivity index (χ0n) is 11.1. The van der Waals surface area contributed by atoms with Crippen LogP contribution in [0.4, 0.5) is 0 Å². The number of allylic oxidation sites excluding steroid dienone is 1. The maximum absolute atomic E-state index is 6.08. The third-order valence-electron chi connectivity index (χ3n) is 2.59. The SMILES string of the molecule is C/C(=C/CCNCC(C)C)c1c(Cl)cnn1C. The van der Waals surface area contributed by atoms with Gasteiger partial charge in [-0.05, 0) is 37.9 Å². The van der Waals surface area contributed by atoms with E-state index in [1.165, 1.54) is 5.57 Å². The van der Waals surface area contributed by atoms with Crippen LogP contribution in [0.2, 0.25) is 5.02 Å². The van der Waals surface area contributed by atoms with Gasteiger partial charge in [-0.3, -0.25) is 4.68 Å². The molecule has 1 N–H and O–H groups in total. The standard InChI is InChI=1S/C13H22ClN3/c1-10(2)8-15-7-5-6-11(3)13-12(14)9-16-17(13)4/h6,9-10,15H,5,7-8H2,1-4H3/b11-6-. The third-order valence-corrected chi connectivity index (χ3v) is 2.87. The van der Waals surface area contributed by atoms with Gasteiger partial charge in [-0.2, -0.15) is 5.10 Å². The van der Waals surface area contributed by atoms with E-state index >= 15 is 0 Å². The fourth-order valence-electron chi connectivity index (χ4n) is 1.73. The minimum absolute atomic E-state index is 0.701. The molecular weight excluding hydrogens is 234 g/mol. The summed E-state index contributed by atoms with van der Waals surface area (Å²) in [6.45, 7) is 8.57. The molecule has 1 aromatic rings. The fraction of sp³-hybridized carbons (Fsp3) is 0.615. The van der Waals surface area contributed by atoms with E-state index in [1.54, 1.807) is 6.20 Å². The zero-order chi connectivity index (χ0) is 12.8. The first-order valence-electron chi connectivity index (χ1n) is 6.07. The number of halogens is 1. The van der Waals surface area contributed by atoms with E-state index in [9.17, 15) is 0 Å². The summed E-state index contributed by atoms with van der Waals surface area (Å²) < 4.78 is 1.82. The quantitative estimate of drug-likeness (QED) is 0.792. The largest absolute Gasteiger partial charge is 0.316 e. The van der Waals surface area contributed by atoms with Crippen LogP contribution in [-0.4, -0.2) is 22.9 Å². The molecule has 4 heteroatoms. The van der Waals surface area contributed by atoms with E-state index < -0.39 is 0 Å². The Kier molecular flexibility index (Phi) is 5.72. The maximum atomic E-state index is 6.08. The first-order chi connectivity index (χ1) is 8.02. The number of hydrogen-bond donors (Lipinski definition) is 1. The van der Waals surface area contributed by atoms with Gasteiger partial charge in [-0.15, -0.1) is 0 Å². The van der Waals surface area contributed by atoms with E-state index in [0.717, 1.165) is 30.2 Å². The average Bonchev–Trinajstić information content (AvgIpc) is 2.57. The third kappa shape index (κ3) is 4.52. The van der Waals surface area contributed by atoms with Gasteiger partial charge in [0.15, 0.2) is 0 Å². The normalized spacial score (nSPS) is 12.5. The van der Waals surface area contributed by atoms with Gasteiger partial charge in [0.1, 0.15) is 0 Å². The van der Waals surface area contributed by atoms with Crippen LogP contribution in [0.3, 0.4) is 0 Å². The molecule has 0 aliphatic carbocycles. The Hall–Kier alpha value is -0.800. The van der Waals surface area contributed by atoms with Crippen molar-refractivity contribution in [3.05, 3.63) is 23.0 Å². The topological polar surface area (TPSA) is 29.9 Å². The van der Waals surface area contributed by atoms with Crippen LogP contribution in [0.1, 0.15) is 32.9 Å². The minimum atomic E-state index is 0.701. The lowest BCUT2D eigenvalue weighted by molar-refractivity contribution is 0.557. The molecule has 0 fully saturated rings. The highest BCUT2D eigenvalue weighted by atomic mass is 35.5. The van der Waals surface area contributed by atoms with Crippen LogP contribution in [0.15, 0.2) is 12.3 Å². The van der Waals surface area contributed by atoms with Crippen molar-refractivity contribution >= 4 is 17.2 Å². The molecule has 0 spiro atoms. The van der Waals surface area contributed by atoms with Crippen molar-refractivity contribution in [2.75, 3.05) is 13.1 Å². The molecule has 96 valence electrons. The first kappa shape index (κ1) is 14.3. The van der Waals surface area contributed by atoms with Gasteiger partial charge < -0.3 is 5.32 Å². The van der Waals surface area contributed by atoms with Crippen LogP contribution in [0.5, 0.6) is 0 Å². The molecular formula is C13H22ClN3. The van der Waals surface area contributed by atoms with E-state index in [1.807, 2.05) is 11.7 Å². The summed E-state index contributed by atoms with van der Waals surface area (Å²) >= 11 is 6.08. The average molecular weight is 256 g/mol. The molecule has 0 aliphatic heterocycles. The van der Waals surface area contributed by atoms with Gasteiger partial charge in [-0.25, -0.2) is 0 Å². The molecule has 0 bridgehead atoms. The molecule has 17 heavy (non-hydrogen) atoms. The Morgan fingerprint density at radius 2 is 2.29 bits per heavy atom. The Morgan fingerprint density at radius 1 is 1.59 bits per heavy atom. The molecule has 0 atom stereocenters. The second kappa shape index (κ2) is 6.82. The number of aromatic nitrogens is 2. The summed E-state index contributed by atoms with van der Waals surface area (Å²) in [6.07, 6.45) is 4.90. The number of nitrogens with one attached hydrogen (secondary N) is 1. The van der Waals surface area contributed by atoms with Crippen molar-refractivity contribution in [1.29, 1.82) is 0 Å². The highest BCUT2D eigenvalue weighted by Crippen LogP contribution is 2.22. The van der Waals surface area contributed by atoms with Gasteiger partial charge >= 0.3 is 0 Å². The molecule has 1 rings (SSSR count). The van der Waals surface area contributed by atoms with Crippen LogP contribution in [0, 0.1) is 5.92 Å². The fourth-order valence-corrected chi connectivity index (χ4v) is 2.05. The molecule has 1 heterocycles. The van der Waals surface area contributed by atoms with Crippen molar-refractivity contribution < 1.29 is 0 Å². The molecule has 0 radical (unpaired) electrons. The summed E-state index contributed by atoms with van der Waals surface area (Å²) in [5, 5.41) is 8.27. The summed E-state index contributed by atoms with van der Waals surface area (Å²) in [4.78, 5) is 0. The number of aryl methyl sites for hydroxylation is 1. The highest BCUT2D eigenvalue weighted by molar-refractivity contribution is 6.32. The Bertz CT molecular complexity index is 361. The van der Waals surface area contributed by atoms with Crippen molar-refractivity contribution in [1.82, 2.24) is 15.1 Å². The lowest BCUT2D eigenvalue weighted by Crippen LogP contribution is -2.20. The van der Waals surface area contributed by atoms with Crippen LogP contribution < -0.4 is 5.32 Å². The zero-order valence-corrected chi connectivity index (χ0v) is 11.9. The summed E-state index contributed by atoms with van der Waals surface area (Å²) in [5.41, 5.74) is 2.19. The van der Waals surface area contributed by atoms with Gasteiger partial charge in [0, 0.05) is 7.05 Å². The lowest BCUT2D eigenvalue weighted by Gasteiger charge is -2.06. The monoisotopic (exact) mass is 255 g/mol. The Morgan fingerprint density at radius 3 is 2.82 bits per heavy atom. The van der Waals surface area contributed by atoms with Crippen molar-refractivity contribution in [2.45, 2.75) is 27.2 Å². The summed E-state index contributed by atoms with van der Waals surface area (Å²) in [7, 11) is 1.91. The van der Waals surface area contributed by atoms with E-state index in [0.29, 0.717) is 5.92 Å². The molecule has 1 aromatic heterocycles. The molecule has 0 unspecified atom stereocenters. The Balaban J connectivity index is 2.45. The summed E-state index contributed by atoms with van der Waals surface area (Å²) in [5.74, 6) is 0.701. The summed E-state index contributed by atoms with van der Waals surface area (Å²) in [6, 6.07) is 0. The van der Waals surface area contributed by atoms with Crippen LogP contribution in [-0.2, 0) is 7.05 Å². The number of hydrogen-bond acceptors (Lipinski definition) is 2. The number of rotatable bonds is 6. The van der Waals surface area contributed by atoms with Crippen LogP contribution >= 0.6 is 11.6 Å². The molecule has 0 aromatic carbocycles. The van der Waals surface area contributed by atoms with Crippen molar-refractivity contribution in [2.24, 2.45) is 13.0 Å². The number of nitrogens with zero attached hydrogens (tertiary/aromatic N) is 2. The lowest BCUT2D eigenvalue weighted by atomic mass is 10.1. The predicted octanol–water partition coefficient (Wildman–Crippen LogP) is 3.11. The minimum Gasteiger partial charge on any atom is -0.316 e. The molecule has 0 saturated carbocycles. The van der Waals surface area contributed by atoms with Gasteiger partial charge in [0.2, 0.25) is 0 Å². The second-order valence-corrected chi connectivity index (χ2v) is 5.15. The molecule has 0 amide bonds. The second-order valence-electron chi connectivity index (χ2n) is 4.74. The predicted molar refractivity (Wildman–Crippen MR) is 74.2 cm³/mol. The van der Waals surface area contributed by atoms with E-state index in [2.05, 4.69) is 37.3 Å². The Labute approximate surface area is 109 Å². The smallest absolute Gasteiger partial charge is 0.0862 e. The van der Waals surface area contributed by atoms with Crippen molar-refractivity contribution in [3.8, 4) is 0 Å². The van der Waals surface area contributed by atoms with Gasteiger partial charge in [0.25, 0.3) is 0 Å². The van der Waals surface area contributed by atoms with Gasteiger partial charge in [0.05, 0.1) is 16.9 Å². The molecule has 0 saturated heterocycles. The highest BCUT2D eigenvalue weighted by Gasteiger charge is 2.07. The van der Waals surface area contributed by atoms with Crippen molar-refractivity contribution in [3.63, 3.8) is 0 Å². The van der Waals surface area contributed by atoms with Gasteiger partial charge in [-0.1, -0.05) is 31.5 Å². The van der Waals surface area contributed by atoms with E-state index in [-0.39, 0.29) is 0 Å². The molecule has 3 nitrogen and oxygen atoms in total. The maximum Gasteiger partial charge on any atom is 0.0862 e. The first-order valence-corrected chi connectivity index (χ1v) is 6.45. The van der Waals surface area contributed by atoms with Crippen LogP contribution in [0.25, 0.3) is 5.57 Å². The van der Waals surface area contributed by atoms with E-state index in [4.69, 9.17) is 11.6 Å².